The van der Waals surface area contributed by atoms with Crippen LogP contribution in [-0.2, 0) is 23.8 Å². The highest BCUT2D eigenvalue weighted by molar-refractivity contribution is 4.96. The predicted molar refractivity (Wildman–Crippen MR) is 76.2 cm³/mol. The third kappa shape index (κ3) is 2.82. The van der Waals surface area contributed by atoms with Crippen molar-refractivity contribution in [2.45, 2.75) is 50.3 Å². The zero-order valence-corrected chi connectivity index (χ0v) is 13.2. The SMILES string of the molecule is C[C@@H]1CO[C@@H]2[C@@H](CC[C@H]3CO[C@H]4[C@@H]3OC[C@H]4O[N+](=O)[O-])CO[C@@H]21. The summed E-state index contributed by atoms with van der Waals surface area (Å²) in [4.78, 5) is 15.2. The molecule has 0 radical (unpaired) electrons. The minimum absolute atomic E-state index is 0.0958. The zero-order valence-electron chi connectivity index (χ0n) is 13.2. The molecule has 0 saturated carbocycles. The van der Waals surface area contributed by atoms with Crippen LogP contribution in [0, 0.1) is 27.9 Å². The molecule has 23 heavy (non-hydrogen) atoms. The second kappa shape index (κ2) is 6.16. The topological polar surface area (TPSA) is 89.3 Å². The van der Waals surface area contributed by atoms with Crippen LogP contribution in [0.3, 0.4) is 0 Å². The van der Waals surface area contributed by atoms with Crippen molar-refractivity contribution in [1.29, 1.82) is 0 Å². The lowest BCUT2D eigenvalue weighted by Gasteiger charge is -2.20. The molecule has 4 rings (SSSR count). The Labute approximate surface area is 134 Å². The molecule has 4 aliphatic heterocycles. The van der Waals surface area contributed by atoms with Crippen LogP contribution in [0.1, 0.15) is 19.8 Å². The van der Waals surface area contributed by atoms with Gasteiger partial charge >= 0.3 is 0 Å². The molecule has 0 aromatic heterocycles. The maximum absolute atomic E-state index is 10.5. The van der Waals surface area contributed by atoms with E-state index in [0.717, 1.165) is 26.1 Å². The van der Waals surface area contributed by atoms with Gasteiger partial charge in [0.1, 0.15) is 6.10 Å². The molecule has 8 nitrogen and oxygen atoms in total. The van der Waals surface area contributed by atoms with Gasteiger partial charge in [0, 0.05) is 17.8 Å². The van der Waals surface area contributed by atoms with Crippen LogP contribution < -0.4 is 0 Å². The van der Waals surface area contributed by atoms with E-state index in [2.05, 4.69) is 11.8 Å². The van der Waals surface area contributed by atoms with Gasteiger partial charge in [-0.3, -0.25) is 0 Å². The molecule has 0 aromatic carbocycles. The third-order valence-corrected chi connectivity index (χ3v) is 5.64. The standard InChI is InChI=1S/C15H23NO7/c1-8-4-19-13-9(5-20-12(8)13)2-3-10-6-21-15-11(23-16(17)18)7-22-14(10)15/h8-15H,2-7H2,1H3/t8-,9+,10+,11-,12-,13-,14-,15-/m1/s1. The first-order valence-corrected chi connectivity index (χ1v) is 8.41. The van der Waals surface area contributed by atoms with Gasteiger partial charge in [-0.25, -0.2) is 0 Å². The second-order valence-electron chi connectivity index (χ2n) is 7.13. The van der Waals surface area contributed by atoms with Gasteiger partial charge in [0.2, 0.25) is 0 Å². The molecule has 4 aliphatic rings. The summed E-state index contributed by atoms with van der Waals surface area (Å²) in [5.41, 5.74) is 0. The van der Waals surface area contributed by atoms with Gasteiger partial charge in [-0.1, -0.05) is 6.92 Å². The highest BCUT2D eigenvalue weighted by Gasteiger charge is 2.50. The van der Waals surface area contributed by atoms with Crippen molar-refractivity contribution >= 4 is 0 Å². The van der Waals surface area contributed by atoms with Crippen LogP contribution in [0.2, 0.25) is 0 Å². The molecule has 0 aromatic rings. The number of ether oxygens (including phenoxy) is 4. The van der Waals surface area contributed by atoms with Gasteiger partial charge in [0.15, 0.2) is 6.10 Å². The van der Waals surface area contributed by atoms with Gasteiger partial charge in [-0.15, -0.1) is 10.1 Å². The van der Waals surface area contributed by atoms with Crippen molar-refractivity contribution in [2.75, 3.05) is 26.4 Å². The summed E-state index contributed by atoms with van der Waals surface area (Å²) in [7, 11) is 0. The lowest BCUT2D eigenvalue weighted by atomic mass is 9.88. The van der Waals surface area contributed by atoms with E-state index in [1.165, 1.54) is 0 Å². The molecule has 0 spiro atoms. The van der Waals surface area contributed by atoms with Gasteiger partial charge in [-0.05, 0) is 12.8 Å². The minimum Gasteiger partial charge on any atom is -0.375 e. The molecule has 4 fully saturated rings. The summed E-state index contributed by atoms with van der Waals surface area (Å²) in [6, 6.07) is 0. The first kappa shape index (κ1) is 15.6. The molecule has 0 aliphatic carbocycles. The molecule has 0 unspecified atom stereocenters. The van der Waals surface area contributed by atoms with Crippen LogP contribution >= 0.6 is 0 Å². The molecular weight excluding hydrogens is 306 g/mol. The fourth-order valence-corrected chi connectivity index (χ4v) is 4.44. The highest BCUT2D eigenvalue weighted by atomic mass is 17.0. The monoisotopic (exact) mass is 329 g/mol. The molecular formula is C15H23NO7. The maximum atomic E-state index is 10.5. The minimum atomic E-state index is -0.762. The summed E-state index contributed by atoms with van der Waals surface area (Å²) in [5, 5.41) is 9.74. The number of rotatable bonds is 5. The lowest BCUT2D eigenvalue weighted by Crippen LogP contribution is -2.33. The Hall–Kier alpha value is -0.960. The number of nitrogens with zero attached hydrogens (tertiary/aromatic N) is 1. The van der Waals surface area contributed by atoms with Crippen molar-refractivity contribution in [3.05, 3.63) is 10.1 Å². The Balaban J connectivity index is 1.29. The molecule has 4 heterocycles. The van der Waals surface area contributed by atoms with Crippen molar-refractivity contribution in [3.8, 4) is 0 Å². The third-order valence-electron chi connectivity index (χ3n) is 5.64. The first-order chi connectivity index (χ1) is 11.1. The van der Waals surface area contributed by atoms with E-state index in [9.17, 15) is 10.1 Å². The summed E-state index contributed by atoms with van der Waals surface area (Å²) in [5.74, 6) is 1.16. The maximum Gasteiger partial charge on any atom is 0.294 e. The van der Waals surface area contributed by atoms with Gasteiger partial charge in [0.05, 0.1) is 44.7 Å². The predicted octanol–water partition coefficient (Wildman–Crippen LogP) is 0.807. The van der Waals surface area contributed by atoms with Crippen LogP contribution in [-0.4, -0.2) is 62.0 Å². The van der Waals surface area contributed by atoms with Crippen LogP contribution in [0.25, 0.3) is 0 Å². The molecule has 8 heteroatoms. The Bertz CT molecular complexity index is 461. The zero-order chi connectivity index (χ0) is 16.0. The van der Waals surface area contributed by atoms with Crippen LogP contribution in [0.15, 0.2) is 0 Å². The largest absolute Gasteiger partial charge is 0.375 e. The molecule has 0 bridgehead atoms. The normalized spacial score (nSPS) is 48.4. The van der Waals surface area contributed by atoms with Crippen LogP contribution in [0.4, 0.5) is 0 Å². The molecule has 4 saturated heterocycles. The molecule has 0 N–H and O–H groups in total. The Kier molecular flexibility index (Phi) is 4.17. The lowest BCUT2D eigenvalue weighted by molar-refractivity contribution is -0.769. The van der Waals surface area contributed by atoms with Crippen LogP contribution in [0.5, 0.6) is 0 Å². The molecule has 8 atom stereocenters. The van der Waals surface area contributed by atoms with Gasteiger partial charge in [-0.2, -0.15) is 0 Å². The van der Waals surface area contributed by atoms with E-state index in [-0.39, 0.29) is 36.9 Å². The summed E-state index contributed by atoms with van der Waals surface area (Å²) in [6.07, 6.45) is 1.42. The van der Waals surface area contributed by atoms with Gasteiger partial charge < -0.3 is 23.8 Å². The van der Waals surface area contributed by atoms with Gasteiger partial charge in [0.25, 0.3) is 5.09 Å². The first-order valence-electron chi connectivity index (χ1n) is 8.41. The Morgan fingerprint density at radius 1 is 0.913 bits per heavy atom. The van der Waals surface area contributed by atoms with Crippen molar-refractivity contribution < 1.29 is 28.9 Å². The second-order valence-corrected chi connectivity index (χ2v) is 7.13. The van der Waals surface area contributed by atoms with Crippen molar-refractivity contribution in [2.24, 2.45) is 17.8 Å². The number of fused-ring (bicyclic) bond motifs is 2. The average molecular weight is 329 g/mol. The van der Waals surface area contributed by atoms with Crippen molar-refractivity contribution in [1.82, 2.24) is 0 Å². The summed E-state index contributed by atoms with van der Waals surface area (Å²) < 4.78 is 23.2. The molecule has 130 valence electrons. The van der Waals surface area contributed by atoms with E-state index in [1.54, 1.807) is 0 Å². The van der Waals surface area contributed by atoms with E-state index >= 15 is 0 Å². The molecule has 0 amide bonds. The smallest absolute Gasteiger partial charge is 0.294 e. The Morgan fingerprint density at radius 2 is 1.48 bits per heavy atom. The summed E-state index contributed by atoms with van der Waals surface area (Å²) in [6.45, 7) is 4.52. The summed E-state index contributed by atoms with van der Waals surface area (Å²) >= 11 is 0. The average Bonchev–Trinajstić information content (AvgIpc) is 3.22. The van der Waals surface area contributed by atoms with E-state index in [4.69, 9.17) is 18.9 Å². The fourth-order valence-electron chi connectivity index (χ4n) is 4.44. The van der Waals surface area contributed by atoms with E-state index in [0.29, 0.717) is 18.4 Å². The number of hydrogen-bond donors (Lipinski definition) is 0. The highest BCUT2D eigenvalue weighted by Crippen LogP contribution is 2.40. The van der Waals surface area contributed by atoms with E-state index in [1.807, 2.05) is 0 Å². The Morgan fingerprint density at radius 3 is 2.17 bits per heavy atom. The van der Waals surface area contributed by atoms with Crippen molar-refractivity contribution in [3.63, 3.8) is 0 Å². The van der Waals surface area contributed by atoms with E-state index < -0.39 is 11.2 Å². The fraction of sp³-hybridized carbons (Fsp3) is 1.00. The quantitative estimate of drug-likeness (QED) is 0.544. The number of hydrogen-bond acceptors (Lipinski definition) is 7.